The second-order valence-electron chi connectivity index (χ2n) is 5.25. The zero-order chi connectivity index (χ0) is 15.2. The second-order valence-corrected chi connectivity index (χ2v) is 7.88. The normalized spacial score (nSPS) is 20.8. The van der Waals surface area contributed by atoms with Crippen LogP contribution in [0.3, 0.4) is 0 Å². The Kier molecular flexibility index (Phi) is 3.45. The first-order valence-corrected chi connectivity index (χ1v) is 8.76. The SMILES string of the molecule is Cc1c(C(=O)NC2CCS(=O)(=O)C2)oc2c(Cl)cccc12. The summed E-state index contributed by atoms with van der Waals surface area (Å²) >= 11 is 6.05. The van der Waals surface area contributed by atoms with Gasteiger partial charge in [-0.1, -0.05) is 23.7 Å². The van der Waals surface area contributed by atoms with Crippen LogP contribution in [-0.2, 0) is 9.84 Å². The molecule has 1 fully saturated rings. The van der Waals surface area contributed by atoms with E-state index in [4.69, 9.17) is 16.0 Å². The third-order valence-electron chi connectivity index (χ3n) is 3.69. The largest absolute Gasteiger partial charge is 0.449 e. The predicted molar refractivity (Wildman–Crippen MR) is 80.5 cm³/mol. The number of furan rings is 1. The van der Waals surface area contributed by atoms with Crippen LogP contribution in [0.25, 0.3) is 11.0 Å². The maximum Gasteiger partial charge on any atom is 0.287 e. The highest BCUT2D eigenvalue weighted by atomic mass is 35.5. The van der Waals surface area contributed by atoms with Gasteiger partial charge in [0.2, 0.25) is 0 Å². The van der Waals surface area contributed by atoms with Crippen LogP contribution in [0.1, 0.15) is 22.5 Å². The Morgan fingerprint density at radius 1 is 1.43 bits per heavy atom. The minimum absolute atomic E-state index is 0.0151. The van der Waals surface area contributed by atoms with E-state index < -0.39 is 15.7 Å². The van der Waals surface area contributed by atoms with Crippen molar-refractivity contribution in [1.82, 2.24) is 5.32 Å². The summed E-state index contributed by atoms with van der Waals surface area (Å²) in [6.45, 7) is 1.78. The number of halogens is 1. The van der Waals surface area contributed by atoms with E-state index in [0.717, 1.165) is 5.39 Å². The molecule has 1 amide bonds. The van der Waals surface area contributed by atoms with Gasteiger partial charge < -0.3 is 9.73 Å². The average molecular weight is 328 g/mol. The predicted octanol–water partition coefficient (Wildman–Crippen LogP) is 2.31. The molecular weight excluding hydrogens is 314 g/mol. The molecule has 0 saturated carbocycles. The van der Waals surface area contributed by atoms with Crippen LogP contribution < -0.4 is 5.32 Å². The van der Waals surface area contributed by atoms with Crippen molar-refractivity contribution in [3.05, 3.63) is 34.5 Å². The highest BCUT2D eigenvalue weighted by Crippen LogP contribution is 2.30. The summed E-state index contributed by atoms with van der Waals surface area (Å²) in [6.07, 6.45) is 0.439. The fourth-order valence-corrected chi connectivity index (χ4v) is 4.47. The van der Waals surface area contributed by atoms with E-state index in [0.29, 0.717) is 22.6 Å². The van der Waals surface area contributed by atoms with E-state index in [1.54, 1.807) is 19.1 Å². The van der Waals surface area contributed by atoms with Gasteiger partial charge in [-0.25, -0.2) is 8.42 Å². The first kappa shape index (κ1) is 14.4. The van der Waals surface area contributed by atoms with Crippen molar-refractivity contribution in [2.45, 2.75) is 19.4 Å². The van der Waals surface area contributed by atoms with Crippen molar-refractivity contribution in [1.29, 1.82) is 0 Å². The van der Waals surface area contributed by atoms with Gasteiger partial charge in [0.25, 0.3) is 5.91 Å². The molecule has 0 radical (unpaired) electrons. The van der Waals surface area contributed by atoms with Gasteiger partial charge in [-0.3, -0.25) is 4.79 Å². The minimum atomic E-state index is -3.03. The topological polar surface area (TPSA) is 76.4 Å². The van der Waals surface area contributed by atoms with Crippen molar-refractivity contribution in [2.75, 3.05) is 11.5 Å². The maximum absolute atomic E-state index is 12.3. The molecule has 112 valence electrons. The van der Waals surface area contributed by atoms with Gasteiger partial charge in [-0.2, -0.15) is 0 Å². The third-order valence-corrected chi connectivity index (χ3v) is 5.76. The number of benzene rings is 1. The fraction of sp³-hybridized carbons (Fsp3) is 0.357. The zero-order valence-electron chi connectivity index (χ0n) is 11.3. The number of carbonyl (C=O) groups is 1. The van der Waals surface area contributed by atoms with E-state index in [2.05, 4.69) is 5.32 Å². The maximum atomic E-state index is 12.3. The lowest BCUT2D eigenvalue weighted by molar-refractivity contribution is 0.0914. The third kappa shape index (κ3) is 2.65. The lowest BCUT2D eigenvalue weighted by Gasteiger charge is -2.09. The van der Waals surface area contributed by atoms with Crippen LogP contribution in [0.4, 0.5) is 0 Å². The molecule has 7 heteroatoms. The van der Waals surface area contributed by atoms with Gasteiger partial charge in [-0.15, -0.1) is 0 Å². The molecule has 1 aliphatic rings. The first-order valence-electron chi connectivity index (χ1n) is 6.56. The van der Waals surface area contributed by atoms with Crippen molar-refractivity contribution in [3.63, 3.8) is 0 Å². The number of hydrogen-bond acceptors (Lipinski definition) is 4. The monoisotopic (exact) mass is 327 g/mol. The number of sulfone groups is 1. The average Bonchev–Trinajstić information content (AvgIpc) is 2.92. The molecule has 2 aromatic rings. The minimum Gasteiger partial charge on any atom is -0.449 e. The Hall–Kier alpha value is -1.53. The molecule has 1 aromatic carbocycles. The first-order chi connectivity index (χ1) is 9.87. The molecule has 1 saturated heterocycles. The molecule has 3 rings (SSSR count). The summed E-state index contributed by atoms with van der Waals surface area (Å²) in [5.74, 6) is -0.119. The summed E-state index contributed by atoms with van der Waals surface area (Å²) in [6, 6.07) is 4.96. The number of para-hydroxylation sites is 1. The van der Waals surface area contributed by atoms with Gasteiger partial charge in [0.15, 0.2) is 21.2 Å². The van der Waals surface area contributed by atoms with Crippen LogP contribution >= 0.6 is 11.6 Å². The number of aryl methyl sites for hydroxylation is 1. The van der Waals surface area contributed by atoms with Gasteiger partial charge >= 0.3 is 0 Å². The second kappa shape index (κ2) is 5.03. The molecule has 1 aliphatic heterocycles. The molecule has 0 bridgehead atoms. The number of amides is 1. The van der Waals surface area contributed by atoms with Crippen LogP contribution in [0.15, 0.2) is 22.6 Å². The Labute approximate surface area is 127 Å². The smallest absolute Gasteiger partial charge is 0.287 e. The van der Waals surface area contributed by atoms with Crippen molar-refractivity contribution in [2.24, 2.45) is 0 Å². The molecule has 1 N–H and O–H groups in total. The molecular formula is C14H14ClNO4S. The van der Waals surface area contributed by atoms with Gasteiger partial charge in [0.05, 0.1) is 16.5 Å². The quantitative estimate of drug-likeness (QED) is 0.918. The zero-order valence-corrected chi connectivity index (χ0v) is 12.9. The van der Waals surface area contributed by atoms with E-state index in [1.807, 2.05) is 6.07 Å². The van der Waals surface area contributed by atoms with Crippen LogP contribution in [0.2, 0.25) is 5.02 Å². The van der Waals surface area contributed by atoms with Crippen molar-refractivity contribution in [3.8, 4) is 0 Å². The van der Waals surface area contributed by atoms with E-state index in [1.165, 1.54) is 0 Å². The summed E-state index contributed by atoms with van der Waals surface area (Å²) in [4.78, 5) is 12.3. The standard InChI is InChI=1S/C14H14ClNO4S/c1-8-10-3-2-4-11(15)13(10)20-12(8)14(17)16-9-5-6-21(18,19)7-9/h2-4,9H,5-7H2,1H3,(H,16,17). The molecule has 1 unspecified atom stereocenters. The number of fused-ring (bicyclic) bond motifs is 1. The summed E-state index contributed by atoms with van der Waals surface area (Å²) < 4.78 is 28.4. The van der Waals surface area contributed by atoms with E-state index >= 15 is 0 Å². The van der Waals surface area contributed by atoms with Crippen molar-refractivity contribution < 1.29 is 17.6 Å². The Balaban J connectivity index is 1.89. The Morgan fingerprint density at radius 2 is 2.19 bits per heavy atom. The van der Waals surface area contributed by atoms with Gasteiger partial charge in [0, 0.05) is 17.0 Å². The Bertz CT molecular complexity index is 825. The van der Waals surface area contributed by atoms with E-state index in [-0.39, 0.29) is 23.3 Å². The number of nitrogens with one attached hydrogen (secondary N) is 1. The summed E-state index contributed by atoms with van der Waals surface area (Å²) in [5.41, 5.74) is 1.17. The molecule has 21 heavy (non-hydrogen) atoms. The van der Waals surface area contributed by atoms with E-state index in [9.17, 15) is 13.2 Å². The number of rotatable bonds is 2. The van der Waals surface area contributed by atoms with Crippen molar-refractivity contribution >= 4 is 38.3 Å². The molecule has 0 spiro atoms. The summed E-state index contributed by atoms with van der Waals surface area (Å²) in [7, 11) is -3.03. The van der Waals surface area contributed by atoms with Gasteiger partial charge in [0.1, 0.15) is 0 Å². The van der Waals surface area contributed by atoms with Crippen LogP contribution in [-0.4, -0.2) is 31.9 Å². The summed E-state index contributed by atoms with van der Waals surface area (Å²) in [5, 5.41) is 3.94. The number of carbonyl (C=O) groups excluding carboxylic acids is 1. The fourth-order valence-electron chi connectivity index (χ4n) is 2.59. The lowest BCUT2D eigenvalue weighted by Crippen LogP contribution is -2.35. The van der Waals surface area contributed by atoms with Gasteiger partial charge in [-0.05, 0) is 19.4 Å². The molecule has 5 nitrogen and oxygen atoms in total. The number of hydrogen-bond donors (Lipinski definition) is 1. The van der Waals surface area contributed by atoms with Crippen LogP contribution in [0.5, 0.6) is 0 Å². The molecule has 0 aliphatic carbocycles. The highest BCUT2D eigenvalue weighted by Gasteiger charge is 2.30. The molecule has 1 atom stereocenters. The van der Waals surface area contributed by atoms with Crippen LogP contribution in [0, 0.1) is 6.92 Å². The highest BCUT2D eigenvalue weighted by molar-refractivity contribution is 7.91. The molecule has 1 aromatic heterocycles. The Morgan fingerprint density at radius 3 is 2.81 bits per heavy atom. The molecule has 2 heterocycles. The lowest BCUT2D eigenvalue weighted by atomic mass is 10.1.